The van der Waals surface area contributed by atoms with Crippen molar-refractivity contribution in [2.75, 3.05) is 24.6 Å². The fraction of sp³-hybridized carbons (Fsp3) is 0.455. The van der Waals surface area contributed by atoms with Crippen LogP contribution in [-0.2, 0) is 20.8 Å². The molecule has 6 heteroatoms. The van der Waals surface area contributed by atoms with Crippen LogP contribution in [-0.4, -0.2) is 41.5 Å². The van der Waals surface area contributed by atoms with E-state index in [1.54, 1.807) is 25.1 Å². The first-order chi connectivity index (χ1) is 8.01. The average Bonchev–Trinajstić information content (AvgIpc) is 2.30. The van der Waals surface area contributed by atoms with Crippen LogP contribution in [0.4, 0.5) is 0 Å². The van der Waals surface area contributed by atoms with Crippen LogP contribution in [0.15, 0.2) is 29.2 Å². The highest BCUT2D eigenvalue weighted by Gasteiger charge is 2.28. The number of hydrogen-bond acceptors (Lipinski definition) is 3. The standard InChI is InChI=1S/C11H15NO3S2/c1-10-4-2-3-5-11(10)17(14,15)12-6-8-16(13)9-7-12/h2-5H,6-9H2,1H3. The fourth-order valence-electron chi connectivity index (χ4n) is 1.85. The van der Waals surface area contributed by atoms with Crippen LogP contribution < -0.4 is 0 Å². The summed E-state index contributed by atoms with van der Waals surface area (Å²) < 4.78 is 37.3. The summed E-state index contributed by atoms with van der Waals surface area (Å²) in [6.07, 6.45) is 0. The van der Waals surface area contributed by atoms with Gasteiger partial charge in [0.2, 0.25) is 10.0 Å². The second-order valence-corrected chi connectivity index (χ2v) is 7.62. The zero-order valence-electron chi connectivity index (χ0n) is 9.63. The third-order valence-electron chi connectivity index (χ3n) is 2.85. The van der Waals surface area contributed by atoms with Crippen LogP contribution in [0.2, 0.25) is 0 Å². The van der Waals surface area contributed by atoms with Crippen molar-refractivity contribution in [1.82, 2.24) is 4.31 Å². The molecule has 1 fully saturated rings. The minimum absolute atomic E-state index is 0.350. The summed E-state index contributed by atoms with van der Waals surface area (Å²) in [5.74, 6) is 0.871. The second kappa shape index (κ2) is 4.88. The molecule has 0 saturated carbocycles. The first-order valence-electron chi connectivity index (χ1n) is 5.42. The van der Waals surface area contributed by atoms with E-state index in [-0.39, 0.29) is 0 Å². The molecule has 0 unspecified atom stereocenters. The number of rotatable bonds is 2. The van der Waals surface area contributed by atoms with Gasteiger partial charge in [-0.1, -0.05) is 18.2 Å². The number of nitrogens with zero attached hydrogens (tertiary/aromatic N) is 1. The van der Waals surface area contributed by atoms with Crippen LogP contribution in [0.25, 0.3) is 0 Å². The Kier molecular flexibility index (Phi) is 3.65. The van der Waals surface area contributed by atoms with Crippen molar-refractivity contribution in [1.29, 1.82) is 0 Å². The van der Waals surface area contributed by atoms with Crippen LogP contribution in [0, 0.1) is 6.92 Å². The van der Waals surface area contributed by atoms with Gasteiger partial charge in [0.1, 0.15) is 0 Å². The summed E-state index contributed by atoms with van der Waals surface area (Å²) in [4.78, 5) is 0.354. The predicted octanol–water partition coefficient (Wildman–Crippen LogP) is 0.748. The molecule has 17 heavy (non-hydrogen) atoms. The molecule has 0 radical (unpaired) electrons. The molecule has 4 nitrogen and oxygen atoms in total. The Balaban J connectivity index is 2.31. The van der Waals surface area contributed by atoms with Gasteiger partial charge in [-0.3, -0.25) is 4.21 Å². The predicted molar refractivity (Wildman–Crippen MR) is 67.8 cm³/mol. The van der Waals surface area contributed by atoms with Gasteiger partial charge in [0.15, 0.2) is 0 Å². The zero-order valence-corrected chi connectivity index (χ0v) is 11.3. The number of hydrogen-bond donors (Lipinski definition) is 0. The molecule has 2 rings (SSSR count). The molecule has 0 bridgehead atoms. The lowest BCUT2D eigenvalue weighted by Gasteiger charge is -2.26. The summed E-state index contributed by atoms with van der Waals surface area (Å²) in [5, 5.41) is 0. The van der Waals surface area contributed by atoms with E-state index in [1.165, 1.54) is 4.31 Å². The van der Waals surface area contributed by atoms with E-state index >= 15 is 0 Å². The first kappa shape index (κ1) is 12.7. The Bertz CT molecular complexity index is 529. The quantitative estimate of drug-likeness (QED) is 0.799. The molecule has 1 aromatic carbocycles. The third-order valence-corrected chi connectivity index (χ3v) is 6.18. The maximum absolute atomic E-state index is 12.3. The molecule has 1 aromatic rings. The van der Waals surface area contributed by atoms with Gasteiger partial charge >= 0.3 is 0 Å². The lowest BCUT2D eigenvalue weighted by Crippen LogP contribution is -2.41. The van der Waals surface area contributed by atoms with Crippen molar-refractivity contribution in [3.05, 3.63) is 29.8 Å². The summed E-state index contributed by atoms with van der Waals surface area (Å²) in [7, 11) is -4.28. The van der Waals surface area contributed by atoms with Gasteiger partial charge in [-0.2, -0.15) is 4.31 Å². The van der Waals surface area contributed by atoms with Gasteiger partial charge < -0.3 is 0 Å². The second-order valence-electron chi connectivity index (χ2n) is 4.02. The van der Waals surface area contributed by atoms with Crippen molar-refractivity contribution in [3.63, 3.8) is 0 Å². The molecule has 94 valence electrons. The van der Waals surface area contributed by atoms with Crippen LogP contribution in [0.1, 0.15) is 5.56 Å². The van der Waals surface area contributed by atoms with E-state index < -0.39 is 20.8 Å². The van der Waals surface area contributed by atoms with Crippen molar-refractivity contribution in [2.45, 2.75) is 11.8 Å². The minimum atomic E-state index is -3.42. The first-order valence-corrected chi connectivity index (χ1v) is 8.35. The normalized spacial score (nSPS) is 19.4. The monoisotopic (exact) mass is 273 g/mol. The highest BCUT2D eigenvalue weighted by Crippen LogP contribution is 2.20. The van der Waals surface area contributed by atoms with E-state index in [0.717, 1.165) is 5.56 Å². The Morgan fingerprint density at radius 1 is 1.18 bits per heavy atom. The van der Waals surface area contributed by atoms with Crippen LogP contribution in [0.3, 0.4) is 0 Å². The molecular formula is C11H15NO3S2. The summed E-state index contributed by atoms with van der Waals surface area (Å²) >= 11 is 0. The van der Waals surface area contributed by atoms with E-state index in [2.05, 4.69) is 0 Å². The van der Waals surface area contributed by atoms with E-state index in [0.29, 0.717) is 29.5 Å². The van der Waals surface area contributed by atoms with Gasteiger partial charge in [-0.25, -0.2) is 8.42 Å². The lowest BCUT2D eigenvalue weighted by atomic mass is 10.2. The molecule has 0 aliphatic carbocycles. The van der Waals surface area contributed by atoms with Crippen molar-refractivity contribution < 1.29 is 12.6 Å². The van der Waals surface area contributed by atoms with Gasteiger partial charge in [-0.15, -0.1) is 0 Å². The van der Waals surface area contributed by atoms with E-state index in [1.807, 2.05) is 6.07 Å². The molecule has 1 heterocycles. The topological polar surface area (TPSA) is 54.5 Å². The highest BCUT2D eigenvalue weighted by molar-refractivity contribution is 7.89. The molecular weight excluding hydrogens is 258 g/mol. The minimum Gasteiger partial charge on any atom is -0.259 e. The summed E-state index contributed by atoms with van der Waals surface area (Å²) in [6, 6.07) is 6.95. The highest BCUT2D eigenvalue weighted by atomic mass is 32.2. The molecule has 0 atom stereocenters. The molecule has 1 aliphatic heterocycles. The van der Waals surface area contributed by atoms with Crippen molar-refractivity contribution in [2.24, 2.45) is 0 Å². The van der Waals surface area contributed by atoms with Gasteiger partial charge in [-0.05, 0) is 18.6 Å². The van der Waals surface area contributed by atoms with Gasteiger partial charge in [0, 0.05) is 35.4 Å². The van der Waals surface area contributed by atoms with Crippen LogP contribution in [0.5, 0.6) is 0 Å². The molecule has 0 aromatic heterocycles. The maximum atomic E-state index is 12.3. The number of sulfonamides is 1. The van der Waals surface area contributed by atoms with E-state index in [9.17, 15) is 12.6 Å². The molecule has 1 saturated heterocycles. The van der Waals surface area contributed by atoms with Gasteiger partial charge in [0.05, 0.1) is 4.90 Å². The average molecular weight is 273 g/mol. The maximum Gasteiger partial charge on any atom is 0.243 e. The Hall–Kier alpha value is -0.720. The van der Waals surface area contributed by atoms with Crippen molar-refractivity contribution >= 4 is 20.8 Å². The smallest absolute Gasteiger partial charge is 0.243 e. The lowest BCUT2D eigenvalue weighted by molar-refractivity contribution is 0.438. The SMILES string of the molecule is Cc1ccccc1S(=O)(=O)N1CCS(=O)CC1. The molecule has 0 spiro atoms. The van der Waals surface area contributed by atoms with Crippen molar-refractivity contribution in [3.8, 4) is 0 Å². The Morgan fingerprint density at radius 3 is 2.35 bits per heavy atom. The Morgan fingerprint density at radius 2 is 1.76 bits per heavy atom. The number of benzene rings is 1. The van der Waals surface area contributed by atoms with Crippen LogP contribution >= 0.6 is 0 Å². The number of aryl methyl sites for hydroxylation is 1. The zero-order chi connectivity index (χ0) is 12.5. The third kappa shape index (κ3) is 2.59. The summed E-state index contributed by atoms with van der Waals surface area (Å²) in [6.45, 7) is 2.49. The summed E-state index contributed by atoms with van der Waals surface area (Å²) in [5.41, 5.74) is 0.749. The largest absolute Gasteiger partial charge is 0.259 e. The van der Waals surface area contributed by atoms with Gasteiger partial charge in [0.25, 0.3) is 0 Å². The molecule has 1 aliphatic rings. The fourth-order valence-corrected chi connectivity index (χ4v) is 4.80. The molecule has 0 N–H and O–H groups in total. The van der Waals surface area contributed by atoms with E-state index in [4.69, 9.17) is 0 Å². The molecule has 0 amide bonds. The Labute approximate surface area is 104 Å².